The molecular formula is C22H30N4O. The highest BCUT2D eigenvalue weighted by Gasteiger charge is 2.29. The Bertz CT molecular complexity index is 778. The highest BCUT2D eigenvalue weighted by Crippen LogP contribution is 2.25. The number of aryl methyl sites for hydroxylation is 1. The number of amides is 1. The molecule has 5 nitrogen and oxygen atoms in total. The molecule has 2 saturated heterocycles. The smallest absolute Gasteiger partial charge is 0.254 e. The SMILES string of the molecule is CCn1cc(-c2cccc(C(=O)N3CCCC[C@@H]3CN3CCCC3)c2)cn1. The van der Waals surface area contributed by atoms with Crippen LogP contribution in [0, 0.1) is 0 Å². The normalized spacial score (nSPS) is 20.9. The second-order valence-electron chi connectivity index (χ2n) is 7.82. The number of hydrogen-bond acceptors (Lipinski definition) is 3. The van der Waals surface area contributed by atoms with Gasteiger partial charge in [0.15, 0.2) is 0 Å². The van der Waals surface area contributed by atoms with Gasteiger partial charge in [-0.3, -0.25) is 9.48 Å². The van der Waals surface area contributed by atoms with Crippen molar-refractivity contribution in [2.24, 2.45) is 0 Å². The zero-order chi connectivity index (χ0) is 18.6. The van der Waals surface area contributed by atoms with E-state index in [-0.39, 0.29) is 5.91 Å². The molecule has 1 aromatic carbocycles. The Balaban J connectivity index is 1.52. The summed E-state index contributed by atoms with van der Waals surface area (Å²) in [6.07, 6.45) is 10.0. The van der Waals surface area contributed by atoms with Crippen LogP contribution >= 0.6 is 0 Å². The maximum atomic E-state index is 13.3. The number of carbonyl (C=O) groups is 1. The van der Waals surface area contributed by atoms with Crippen molar-refractivity contribution in [2.75, 3.05) is 26.2 Å². The monoisotopic (exact) mass is 366 g/mol. The van der Waals surface area contributed by atoms with Crippen LogP contribution in [-0.2, 0) is 6.54 Å². The van der Waals surface area contributed by atoms with E-state index in [1.54, 1.807) is 0 Å². The van der Waals surface area contributed by atoms with Gasteiger partial charge in [0, 0.05) is 43.0 Å². The molecule has 0 radical (unpaired) electrons. The van der Waals surface area contributed by atoms with Crippen LogP contribution in [0.3, 0.4) is 0 Å². The predicted octanol–water partition coefficient (Wildman–Crippen LogP) is 3.66. The molecule has 5 heteroatoms. The van der Waals surface area contributed by atoms with E-state index in [2.05, 4.69) is 27.9 Å². The lowest BCUT2D eigenvalue weighted by molar-refractivity contribution is 0.0560. The standard InChI is InChI=1S/C22H30N4O/c1-2-25-16-20(15-23-25)18-8-7-9-19(14-18)22(27)26-13-4-3-10-21(26)17-24-11-5-6-12-24/h7-9,14-16,21H,2-6,10-13,17H2,1H3/t21-/m1/s1. The van der Waals surface area contributed by atoms with E-state index in [9.17, 15) is 4.79 Å². The number of hydrogen-bond donors (Lipinski definition) is 0. The molecule has 0 N–H and O–H groups in total. The second-order valence-corrected chi connectivity index (χ2v) is 7.82. The van der Waals surface area contributed by atoms with Crippen molar-refractivity contribution < 1.29 is 4.79 Å². The molecule has 0 saturated carbocycles. The van der Waals surface area contributed by atoms with E-state index in [4.69, 9.17) is 0 Å². The molecule has 2 aromatic rings. The van der Waals surface area contributed by atoms with Gasteiger partial charge in [-0.05, 0) is 69.8 Å². The topological polar surface area (TPSA) is 41.4 Å². The molecule has 1 aromatic heterocycles. The summed E-state index contributed by atoms with van der Waals surface area (Å²) in [5.74, 6) is 0.184. The fraction of sp³-hybridized carbons (Fsp3) is 0.545. The summed E-state index contributed by atoms with van der Waals surface area (Å²) in [7, 11) is 0. The Hall–Kier alpha value is -2.14. The molecule has 2 aliphatic heterocycles. The molecule has 0 spiro atoms. The van der Waals surface area contributed by atoms with Crippen LogP contribution in [0.2, 0.25) is 0 Å². The Morgan fingerprint density at radius 3 is 2.70 bits per heavy atom. The maximum Gasteiger partial charge on any atom is 0.254 e. The Kier molecular flexibility index (Phi) is 5.58. The van der Waals surface area contributed by atoms with Gasteiger partial charge in [0.2, 0.25) is 0 Å². The highest BCUT2D eigenvalue weighted by atomic mass is 16.2. The maximum absolute atomic E-state index is 13.3. The highest BCUT2D eigenvalue weighted by molar-refractivity contribution is 5.95. The number of likely N-dealkylation sites (tertiary alicyclic amines) is 2. The molecule has 1 amide bonds. The van der Waals surface area contributed by atoms with Crippen LogP contribution in [0.15, 0.2) is 36.7 Å². The Morgan fingerprint density at radius 1 is 1.11 bits per heavy atom. The van der Waals surface area contributed by atoms with E-state index in [1.807, 2.05) is 35.3 Å². The molecule has 4 rings (SSSR count). The van der Waals surface area contributed by atoms with Crippen LogP contribution < -0.4 is 0 Å². The molecule has 27 heavy (non-hydrogen) atoms. The summed E-state index contributed by atoms with van der Waals surface area (Å²) in [5, 5.41) is 4.36. The molecule has 0 unspecified atom stereocenters. The van der Waals surface area contributed by atoms with Crippen molar-refractivity contribution >= 4 is 5.91 Å². The van der Waals surface area contributed by atoms with Gasteiger partial charge in [0.1, 0.15) is 0 Å². The minimum atomic E-state index is 0.184. The van der Waals surface area contributed by atoms with Gasteiger partial charge in [0.25, 0.3) is 5.91 Å². The van der Waals surface area contributed by atoms with Gasteiger partial charge in [0.05, 0.1) is 6.20 Å². The van der Waals surface area contributed by atoms with Crippen LogP contribution in [0.1, 0.15) is 49.4 Å². The minimum Gasteiger partial charge on any atom is -0.334 e. The number of carbonyl (C=O) groups excluding carboxylic acids is 1. The summed E-state index contributed by atoms with van der Waals surface area (Å²) in [5.41, 5.74) is 2.93. The molecule has 0 aliphatic carbocycles. The fourth-order valence-corrected chi connectivity index (χ4v) is 4.40. The average Bonchev–Trinajstić information content (AvgIpc) is 3.40. The summed E-state index contributed by atoms with van der Waals surface area (Å²) in [6, 6.07) is 8.39. The Labute approximate surface area is 162 Å². The van der Waals surface area contributed by atoms with Crippen molar-refractivity contribution in [1.29, 1.82) is 0 Å². The van der Waals surface area contributed by atoms with E-state index in [0.717, 1.165) is 49.2 Å². The van der Waals surface area contributed by atoms with Crippen LogP contribution in [-0.4, -0.2) is 57.7 Å². The lowest BCUT2D eigenvalue weighted by Crippen LogP contribution is -2.49. The molecule has 1 atom stereocenters. The fourth-order valence-electron chi connectivity index (χ4n) is 4.40. The molecule has 2 aliphatic rings. The van der Waals surface area contributed by atoms with Crippen molar-refractivity contribution in [1.82, 2.24) is 19.6 Å². The number of benzene rings is 1. The van der Waals surface area contributed by atoms with E-state index >= 15 is 0 Å². The summed E-state index contributed by atoms with van der Waals surface area (Å²) >= 11 is 0. The van der Waals surface area contributed by atoms with Gasteiger partial charge in [-0.25, -0.2) is 0 Å². The number of piperidine rings is 1. The predicted molar refractivity (Wildman–Crippen MR) is 108 cm³/mol. The quantitative estimate of drug-likeness (QED) is 0.811. The third kappa shape index (κ3) is 4.08. The number of rotatable bonds is 5. The summed E-state index contributed by atoms with van der Waals surface area (Å²) < 4.78 is 1.92. The lowest BCUT2D eigenvalue weighted by atomic mass is 9.99. The molecule has 2 fully saturated rings. The van der Waals surface area contributed by atoms with Gasteiger partial charge in [-0.1, -0.05) is 12.1 Å². The summed E-state index contributed by atoms with van der Waals surface area (Å²) in [4.78, 5) is 18.0. The Morgan fingerprint density at radius 2 is 1.93 bits per heavy atom. The first-order valence-electron chi connectivity index (χ1n) is 10.4. The van der Waals surface area contributed by atoms with Gasteiger partial charge in [-0.15, -0.1) is 0 Å². The van der Waals surface area contributed by atoms with Crippen LogP contribution in [0.4, 0.5) is 0 Å². The van der Waals surface area contributed by atoms with Gasteiger partial charge < -0.3 is 9.80 Å². The molecule has 3 heterocycles. The minimum absolute atomic E-state index is 0.184. The molecule has 144 valence electrons. The largest absolute Gasteiger partial charge is 0.334 e. The first-order valence-corrected chi connectivity index (χ1v) is 10.4. The summed E-state index contributed by atoms with van der Waals surface area (Å²) in [6.45, 7) is 7.23. The zero-order valence-electron chi connectivity index (χ0n) is 16.3. The van der Waals surface area contributed by atoms with Crippen molar-refractivity contribution in [3.8, 4) is 11.1 Å². The van der Waals surface area contributed by atoms with E-state index < -0.39 is 0 Å². The zero-order valence-corrected chi connectivity index (χ0v) is 16.3. The van der Waals surface area contributed by atoms with E-state index in [1.165, 1.54) is 32.4 Å². The second kappa shape index (κ2) is 8.26. The third-order valence-corrected chi connectivity index (χ3v) is 5.96. The molecular weight excluding hydrogens is 336 g/mol. The van der Waals surface area contributed by atoms with Crippen LogP contribution in [0.5, 0.6) is 0 Å². The third-order valence-electron chi connectivity index (χ3n) is 5.96. The number of nitrogens with zero attached hydrogens (tertiary/aromatic N) is 4. The first-order chi connectivity index (χ1) is 13.2. The van der Waals surface area contributed by atoms with Crippen LogP contribution in [0.25, 0.3) is 11.1 Å². The van der Waals surface area contributed by atoms with Crippen molar-refractivity contribution in [3.05, 3.63) is 42.2 Å². The number of aromatic nitrogens is 2. The molecule has 0 bridgehead atoms. The van der Waals surface area contributed by atoms with Gasteiger partial charge in [-0.2, -0.15) is 5.10 Å². The van der Waals surface area contributed by atoms with Gasteiger partial charge >= 0.3 is 0 Å². The first kappa shape index (κ1) is 18.2. The van der Waals surface area contributed by atoms with E-state index in [0.29, 0.717) is 6.04 Å². The van der Waals surface area contributed by atoms with Crippen molar-refractivity contribution in [3.63, 3.8) is 0 Å². The lowest BCUT2D eigenvalue weighted by Gasteiger charge is -2.38. The average molecular weight is 367 g/mol. The van der Waals surface area contributed by atoms with Crippen molar-refractivity contribution in [2.45, 2.75) is 51.6 Å².